The Balaban J connectivity index is 3.15. The lowest BCUT2D eigenvalue weighted by Crippen LogP contribution is -2.24. The van der Waals surface area contributed by atoms with Crippen molar-refractivity contribution >= 4 is 17.2 Å². The summed E-state index contributed by atoms with van der Waals surface area (Å²) in [5.74, 6) is 0. The Morgan fingerprint density at radius 3 is 3.00 bits per heavy atom. The number of rotatable bonds is 4. The normalized spacial score (nSPS) is 8.40. The first-order valence-corrected chi connectivity index (χ1v) is 3.34. The summed E-state index contributed by atoms with van der Waals surface area (Å²) in [5, 5.41) is 11.1. The van der Waals surface area contributed by atoms with Gasteiger partial charge in [0.2, 0.25) is 0 Å². The van der Waals surface area contributed by atoms with Crippen LogP contribution in [-0.2, 0) is 4.74 Å². The topological polar surface area (TPSA) is 45.0 Å². The monoisotopic (exact) mass is 158 g/mol. The Morgan fingerprint density at radius 1 is 1.80 bits per heavy atom. The first kappa shape index (κ1) is 9.34. The smallest absolute Gasteiger partial charge is 0.0896 e. The maximum Gasteiger partial charge on any atom is 0.0896 e. The quantitative estimate of drug-likeness (QED) is 0.477. The van der Waals surface area contributed by atoms with Crippen molar-refractivity contribution < 1.29 is 4.74 Å². The average molecular weight is 158 g/mol. The number of hydrogen-bond donors (Lipinski definition) is 1. The van der Waals surface area contributed by atoms with Crippen molar-refractivity contribution in [3.8, 4) is 6.07 Å². The van der Waals surface area contributed by atoms with E-state index in [4.69, 9.17) is 22.2 Å². The van der Waals surface area contributed by atoms with E-state index in [0.29, 0.717) is 24.6 Å². The average Bonchev–Trinajstić information content (AvgIpc) is 1.89. The highest BCUT2D eigenvalue weighted by atomic mass is 32.1. The first-order valence-electron chi connectivity index (χ1n) is 2.94. The van der Waals surface area contributed by atoms with Crippen LogP contribution in [-0.4, -0.2) is 25.2 Å². The molecule has 0 fully saturated rings. The van der Waals surface area contributed by atoms with Crippen LogP contribution < -0.4 is 5.32 Å². The molecule has 0 amide bonds. The van der Waals surface area contributed by atoms with Gasteiger partial charge < -0.3 is 10.1 Å². The third-order valence-electron chi connectivity index (χ3n) is 0.868. The molecule has 4 heteroatoms. The molecular weight excluding hydrogens is 148 g/mol. The van der Waals surface area contributed by atoms with Crippen LogP contribution in [0.4, 0.5) is 0 Å². The number of nitrogens with zero attached hydrogens (tertiary/aromatic N) is 1. The van der Waals surface area contributed by atoms with E-state index in [1.54, 1.807) is 7.11 Å². The molecule has 0 aliphatic heterocycles. The molecule has 0 rings (SSSR count). The van der Waals surface area contributed by atoms with Crippen LogP contribution in [0.2, 0.25) is 0 Å². The van der Waals surface area contributed by atoms with Crippen molar-refractivity contribution in [2.24, 2.45) is 0 Å². The lowest BCUT2D eigenvalue weighted by Gasteiger charge is -2.01. The van der Waals surface area contributed by atoms with Gasteiger partial charge in [0, 0.05) is 13.7 Å². The highest BCUT2D eigenvalue weighted by Crippen LogP contribution is 1.78. The van der Waals surface area contributed by atoms with E-state index in [9.17, 15) is 0 Å². The second-order valence-electron chi connectivity index (χ2n) is 1.68. The largest absolute Gasteiger partial charge is 0.383 e. The van der Waals surface area contributed by atoms with Gasteiger partial charge >= 0.3 is 0 Å². The van der Waals surface area contributed by atoms with E-state index < -0.39 is 0 Å². The molecule has 10 heavy (non-hydrogen) atoms. The van der Waals surface area contributed by atoms with Gasteiger partial charge in [-0.1, -0.05) is 12.2 Å². The molecule has 56 valence electrons. The van der Waals surface area contributed by atoms with E-state index in [1.165, 1.54) is 0 Å². The number of nitrogens with one attached hydrogen (secondary N) is 1. The predicted octanol–water partition coefficient (Wildman–Crippen LogP) is 0.463. The molecule has 0 aromatic heterocycles. The van der Waals surface area contributed by atoms with Crippen molar-refractivity contribution in [3.63, 3.8) is 0 Å². The summed E-state index contributed by atoms with van der Waals surface area (Å²) >= 11 is 4.78. The molecule has 0 aromatic rings. The van der Waals surface area contributed by atoms with Crippen molar-refractivity contribution in [2.45, 2.75) is 6.42 Å². The Morgan fingerprint density at radius 2 is 2.50 bits per heavy atom. The molecule has 0 saturated carbocycles. The number of hydrogen-bond acceptors (Lipinski definition) is 3. The Bertz CT molecular complexity index is 141. The van der Waals surface area contributed by atoms with Gasteiger partial charge in [0.15, 0.2) is 0 Å². The minimum Gasteiger partial charge on any atom is -0.383 e. The van der Waals surface area contributed by atoms with Crippen LogP contribution in [0, 0.1) is 11.3 Å². The van der Waals surface area contributed by atoms with Gasteiger partial charge in [0.25, 0.3) is 0 Å². The second-order valence-corrected chi connectivity index (χ2v) is 2.17. The maximum absolute atomic E-state index is 8.18. The van der Waals surface area contributed by atoms with Crippen molar-refractivity contribution in [3.05, 3.63) is 0 Å². The van der Waals surface area contributed by atoms with Crippen molar-refractivity contribution in [1.82, 2.24) is 5.32 Å². The third kappa shape index (κ3) is 5.48. The van der Waals surface area contributed by atoms with E-state index in [0.717, 1.165) is 0 Å². The number of nitriles is 1. The van der Waals surface area contributed by atoms with Crippen molar-refractivity contribution in [1.29, 1.82) is 5.26 Å². The summed E-state index contributed by atoms with van der Waals surface area (Å²) in [4.78, 5) is 0.583. The van der Waals surface area contributed by atoms with Gasteiger partial charge in [-0.15, -0.1) is 0 Å². The van der Waals surface area contributed by atoms with Gasteiger partial charge in [0.1, 0.15) is 0 Å². The fraction of sp³-hybridized carbons (Fsp3) is 0.667. The summed E-state index contributed by atoms with van der Waals surface area (Å²) in [6.07, 6.45) is 0.291. The summed E-state index contributed by atoms with van der Waals surface area (Å²) in [6.45, 7) is 1.29. The van der Waals surface area contributed by atoms with E-state index in [1.807, 2.05) is 6.07 Å². The van der Waals surface area contributed by atoms with Gasteiger partial charge in [-0.3, -0.25) is 0 Å². The van der Waals surface area contributed by atoms with Gasteiger partial charge in [-0.2, -0.15) is 5.26 Å². The SMILES string of the molecule is COCCNC(=S)CC#N. The molecule has 0 aliphatic carbocycles. The third-order valence-corrected chi connectivity index (χ3v) is 1.16. The zero-order chi connectivity index (χ0) is 7.82. The van der Waals surface area contributed by atoms with E-state index in [-0.39, 0.29) is 0 Å². The minimum absolute atomic E-state index is 0.291. The predicted molar refractivity (Wildman–Crippen MR) is 42.7 cm³/mol. The number of ether oxygens (including phenoxy) is 1. The van der Waals surface area contributed by atoms with Crippen molar-refractivity contribution in [2.75, 3.05) is 20.3 Å². The van der Waals surface area contributed by atoms with Gasteiger partial charge in [-0.05, 0) is 0 Å². The van der Waals surface area contributed by atoms with Crippen LogP contribution in [0.3, 0.4) is 0 Å². The fourth-order valence-electron chi connectivity index (χ4n) is 0.427. The maximum atomic E-state index is 8.18. The van der Waals surface area contributed by atoms with Crippen LogP contribution >= 0.6 is 12.2 Å². The summed E-state index contributed by atoms with van der Waals surface area (Å²) in [7, 11) is 1.62. The van der Waals surface area contributed by atoms with E-state index in [2.05, 4.69) is 5.32 Å². The minimum atomic E-state index is 0.291. The highest BCUT2D eigenvalue weighted by Gasteiger charge is 1.91. The lowest BCUT2D eigenvalue weighted by atomic mass is 10.4. The molecule has 0 saturated heterocycles. The van der Waals surface area contributed by atoms with Crippen LogP contribution in [0.15, 0.2) is 0 Å². The highest BCUT2D eigenvalue weighted by molar-refractivity contribution is 7.80. The lowest BCUT2D eigenvalue weighted by molar-refractivity contribution is 0.204. The molecule has 0 aliphatic rings. The fourth-order valence-corrected chi connectivity index (χ4v) is 0.593. The van der Waals surface area contributed by atoms with E-state index >= 15 is 0 Å². The zero-order valence-electron chi connectivity index (χ0n) is 5.89. The number of methoxy groups -OCH3 is 1. The molecule has 0 heterocycles. The van der Waals surface area contributed by atoms with Gasteiger partial charge in [-0.25, -0.2) is 0 Å². The molecule has 0 bridgehead atoms. The summed E-state index contributed by atoms with van der Waals surface area (Å²) < 4.78 is 4.77. The molecule has 0 radical (unpaired) electrons. The molecule has 0 spiro atoms. The summed E-state index contributed by atoms with van der Waals surface area (Å²) in [5.41, 5.74) is 0. The molecule has 1 N–H and O–H groups in total. The Hall–Kier alpha value is -0.660. The number of thiocarbonyl (C=S) groups is 1. The Labute approximate surface area is 66.0 Å². The molecule has 3 nitrogen and oxygen atoms in total. The molecule has 0 atom stereocenters. The van der Waals surface area contributed by atoms with Crippen LogP contribution in [0.5, 0.6) is 0 Å². The zero-order valence-corrected chi connectivity index (χ0v) is 6.70. The van der Waals surface area contributed by atoms with Gasteiger partial charge in [0.05, 0.1) is 24.1 Å². The molecule has 0 unspecified atom stereocenters. The first-order chi connectivity index (χ1) is 4.81. The van der Waals surface area contributed by atoms with Crippen LogP contribution in [0.25, 0.3) is 0 Å². The summed E-state index contributed by atoms with van der Waals surface area (Å²) in [6, 6.07) is 1.95. The van der Waals surface area contributed by atoms with Crippen LogP contribution in [0.1, 0.15) is 6.42 Å². The second kappa shape index (κ2) is 6.46. The Kier molecular flexibility index (Phi) is 6.03. The molecule has 0 aromatic carbocycles. The molecular formula is C6H10N2OS. The standard InChI is InChI=1S/C6H10N2OS/c1-9-5-4-8-6(10)2-3-7/h2,4-5H2,1H3,(H,8,10).